The maximum atomic E-state index is 6.08. The summed E-state index contributed by atoms with van der Waals surface area (Å²) in [4.78, 5) is 13.1. The van der Waals surface area contributed by atoms with Gasteiger partial charge in [-0.3, -0.25) is 0 Å². The van der Waals surface area contributed by atoms with E-state index in [-0.39, 0.29) is 0 Å². The van der Waals surface area contributed by atoms with Crippen LogP contribution in [0.4, 0.5) is 11.5 Å². The lowest BCUT2D eigenvalue weighted by molar-refractivity contribution is 0.991. The van der Waals surface area contributed by atoms with Gasteiger partial charge in [-0.25, -0.2) is 4.98 Å². The van der Waals surface area contributed by atoms with Gasteiger partial charge in [-0.05, 0) is 43.6 Å². The number of hydrogen-bond donors (Lipinski definition) is 0. The van der Waals surface area contributed by atoms with E-state index < -0.39 is 0 Å². The molecule has 0 bridgehead atoms. The van der Waals surface area contributed by atoms with Gasteiger partial charge in [0.2, 0.25) is 5.28 Å². The lowest BCUT2D eigenvalue weighted by atomic mass is 10.2. The molecular weight excluding hydrogens is 290 g/mol. The molecule has 0 aliphatic rings. The zero-order chi connectivity index (χ0) is 14.1. The molecule has 0 aliphatic carbocycles. The summed E-state index contributed by atoms with van der Waals surface area (Å²) >= 11 is 7.72. The molecule has 0 radical (unpaired) electrons. The topological polar surface area (TPSA) is 29.0 Å². The number of aromatic nitrogens is 2. The monoisotopic (exact) mass is 303 g/mol. The van der Waals surface area contributed by atoms with Gasteiger partial charge in [-0.2, -0.15) is 4.98 Å². The van der Waals surface area contributed by atoms with Crippen molar-refractivity contribution in [1.29, 1.82) is 0 Å². The van der Waals surface area contributed by atoms with Crippen molar-refractivity contribution in [3.63, 3.8) is 0 Å². The molecule has 0 atom stereocenters. The molecule has 1 aromatic carbocycles. The van der Waals surface area contributed by atoms with Gasteiger partial charge in [0, 0.05) is 17.1 Å². The van der Waals surface area contributed by atoms with Gasteiger partial charge >= 0.3 is 0 Å². The van der Waals surface area contributed by atoms with E-state index in [1.165, 1.54) is 4.88 Å². The molecule has 3 nitrogen and oxygen atoms in total. The first kappa shape index (κ1) is 13.3. The summed E-state index contributed by atoms with van der Waals surface area (Å²) in [5, 5.41) is 1.35. The minimum absolute atomic E-state index is 0.295. The van der Waals surface area contributed by atoms with Crippen molar-refractivity contribution in [3.05, 3.63) is 46.6 Å². The number of anilines is 2. The van der Waals surface area contributed by atoms with Crippen molar-refractivity contribution >= 4 is 44.7 Å². The second-order valence-corrected chi connectivity index (χ2v) is 6.04. The zero-order valence-corrected chi connectivity index (χ0v) is 12.9. The summed E-state index contributed by atoms with van der Waals surface area (Å²) in [6.07, 6.45) is 0. The lowest BCUT2D eigenvalue weighted by Gasteiger charge is -2.22. The Hall–Kier alpha value is -1.65. The van der Waals surface area contributed by atoms with E-state index >= 15 is 0 Å². The number of fused-ring (bicyclic) bond motifs is 1. The normalized spacial score (nSPS) is 10.9. The van der Waals surface area contributed by atoms with Crippen LogP contribution in [0.5, 0.6) is 0 Å². The molecule has 5 heteroatoms. The fraction of sp³-hybridized carbons (Fsp3) is 0.200. The first-order chi connectivity index (χ1) is 9.69. The van der Waals surface area contributed by atoms with Crippen LogP contribution in [-0.4, -0.2) is 16.5 Å². The molecule has 102 valence electrons. The third kappa shape index (κ3) is 2.37. The van der Waals surface area contributed by atoms with Crippen LogP contribution in [0.15, 0.2) is 36.4 Å². The Morgan fingerprint density at radius 1 is 1.20 bits per heavy atom. The maximum Gasteiger partial charge on any atom is 0.225 e. The molecule has 0 N–H and O–H groups in total. The summed E-state index contributed by atoms with van der Waals surface area (Å²) in [6.45, 7) is 5.00. The van der Waals surface area contributed by atoms with Crippen LogP contribution in [0.25, 0.3) is 10.2 Å². The Morgan fingerprint density at radius 2 is 1.95 bits per heavy atom. The second-order valence-electron chi connectivity index (χ2n) is 4.47. The Bertz CT molecular complexity index is 739. The molecule has 0 aliphatic heterocycles. The molecule has 0 unspecified atom stereocenters. The van der Waals surface area contributed by atoms with Crippen LogP contribution in [0.3, 0.4) is 0 Å². The van der Waals surface area contributed by atoms with Gasteiger partial charge in [0.05, 0.1) is 5.39 Å². The Labute approximate surface area is 126 Å². The standard InChI is InChI=1S/C15H14ClN3S/c1-3-19(11-7-5-4-6-8-11)13-12-9-10(2)20-14(12)18-15(16)17-13/h4-9H,3H2,1-2H3. The van der Waals surface area contributed by atoms with E-state index in [0.29, 0.717) is 5.28 Å². The molecular formula is C15H14ClN3S. The molecule has 0 amide bonds. The van der Waals surface area contributed by atoms with E-state index in [1.54, 1.807) is 11.3 Å². The Kier molecular flexibility index (Phi) is 3.59. The number of hydrogen-bond acceptors (Lipinski definition) is 4. The minimum Gasteiger partial charge on any atom is -0.326 e. The van der Waals surface area contributed by atoms with Crippen LogP contribution < -0.4 is 4.90 Å². The number of aryl methyl sites for hydroxylation is 1. The molecule has 3 aromatic rings. The Morgan fingerprint density at radius 3 is 2.65 bits per heavy atom. The van der Waals surface area contributed by atoms with Gasteiger partial charge in [-0.15, -0.1) is 11.3 Å². The fourth-order valence-electron chi connectivity index (χ4n) is 2.27. The summed E-state index contributed by atoms with van der Waals surface area (Å²) < 4.78 is 0. The lowest BCUT2D eigenvalue weighted by Crippen LogP contribution is -2.17. The highest BCUT2D eigenvalue weighted by atomic mass is 35.5. The van der Waals surface area contributed by atoms with Gasteiger partial charge in [0.25, 0.3) is 0 Å². The van der Waals surface area contributed by atoms with E-state index in [0.717, 1.165) is 28.3 Å². The summed E-state index contributed by atoms with van der Waals surface area (Å²) in [5.74, 6) is 0.873. The minimum atomic E-state index is 0.295. The van der Waals surface area contributed by atoms with E-state index in [4.69, 9.17) is 11.6 Å². The molecule has 2 aromatic heterocycles. The number of nitrogens with zero attached hydrogens (tertiary/aromatic N) is 3. The van der Waals surface area contributed by atoms with Crippen molar-refractivity contribution in [2.24, 2.45) is 0 Å². The number of thiophene rings is 1. The molecule has 0 saturated heterocycles. The first-order valence-corrected chi connectivity index (χ1v) is 7.64. The molecule has 2 heterocycles. The second kappa shape index (κ2) is 5.38. The molecule has 20 heavy (non-hydrogen) atoms. The largest absolute Gasteiger partial charge is 0.326 e. The highest BCUT2D eigenvalue weighted by molar-refractivity contribution is 7.18. The van der Waals surface area contributed by atoms with Gasteiger partial charge < -0.3 is 4.90 Å². The van der Waals surface area contributed by atoms with Gasteiger partial charge in [0.1, 0.15) is 10.6 Å². The van der Waals surface area contributed by atoms with E-state index in [9.17, 15) is 0 Å². The molecule has 3 rings (SSSR count). The number of halogens is 1. The van der Waals surface area contributed by atoms with Crippen LogP contribution >= 0.6 is 22.9 Å². The van der Waals surface area contributed by atoms with Crippen LogP contribution in [0.1, 0.15) is 11.8 Å². The van der Waals surface area contributed by atoms with Crippen LogP contribution in [0, 0.1) is 6.92 Å². The quantitative estimate of drug-likeness (QED) is 0.650. The third-order valence-electron chi connectivity index (χ3n) is 3.11. The smallest absolute Gasteiger partial charge is 0.225 e. The number of rotatable bonds is 3. The SMILES string of the molecule is CCN(c1ccccc1)c1nc(Cl)nc2sc(C)cc12. The van der Waals surface area contributed by atoms with Crippen molar-refractivity contribution in [2.45, 2.75) is 13.8 Å². The molecule has 0 saturated carbocycles. The first-order valence-electron chi connectivity index (χ1n) is 6.45. The highest BCUT2D eigenvalue weighted by Crippen LogP contribution is 2.34. The fourth-order valence-corrected chi connectivity index (χ4v) is 3.36. The molecule has 0 fully saturated rings. The van der Waals surface area contributed by atoms with Crippen LogP contribution in [-0.2, 0) is 0 Å². The van der Waals surface area contributed by atoms with Gasteiger partial charge in [0.15, 0.2) is 0 Å². The van der Waals surface area contributed by atoms with Crippen molar-refractivity contribution < 1.29 is 0 Å². The number of para-hydroxylation sites is 1. The van der Waals surface area contributed by atoms with Crippen molar-refractivity contribution in [2.75, 3.05) is 11.4 Å². The highest BCUT2D eigenvalue weighted by Gasteiger charge is 2.16. The Balaban J connectivity index is 2.21. The average Bonchev–Trinajstić information content (AvgIpc) is 2.81. The zero-order valence-electron chi connectivity index (χ0n) is 11.3. The maximum absolute atomic E-state index is 6.08. The van der Waals surface area contributed by atoms with E-state index in [1.807, 2.05) is 18.2 Å². The van der Waals surface area contributed by atoms with E-state index in [2.05, 4.69) is 46.9 Å². The predicted molar refractivity (Wildman–Crippen MR) is 86.3 cm³/mol. The predicted octanol–water partition coefficient (Wildman–Crippen LogP) is 4.81. The van der Waals surface area contributed by atoms with Crippen LogP contribution in [0.2, 0.25) is 5.28 Å². The van der Waals surface area contributed by atoms with Gasteiger partial charge in [-0.1, -0.05) is 18.2 Å². The molecule has 0 spiro atoms. The number of benzene rings is 1. The summed E-state index contributed by atoms with van der Waals surface area (Å²) in [5.41, 5.74) is 1.11. The van der Waals surface area contributed by atoms with Crippen molar-refractivity contribution in [3.8, 4) is 0 Å². The summed E-state index contributed by atoms with van der Waals surface area (Å²) in [7, 11) is 0. The average molecular weight is 304 g/mol. The van der Waals surface area contributed by atoms with Crippen molar-refractivity contribution in [1.82, 2.24) is 9.97 Å². The summed E-state index contributed by atoms with van der Waals surface area (Å²) in [6, 6.07) is 12.3. The third-order valence-corrected chi connectivity index (χ3v) is 4.22.